The predicted octanol–water partition coefficient (Wildman–Crippen LogP) is 3.31. The summed E-state index contributed by atoms with van der Waals surface area (Å²) in [5.74, 6) is 0.740. The molecule has 0 aromatic heterocycles. The number of methoxy groups -OCH3 is 3. The quantitative estimate of drug-likeness (QED) is 0.766. The Morgan fingerprint density at radius 3 is 2.22 bits per heavy atom. The molecule has 0 heterocycles. The van der Waals surface area contributed by atoms with Crippen molar-refractivity contribution in [1.29, 1.82) is 0 Å². The van der Waals surface area contributed by atoms with Gasteiger partial charge >= 0.3 is 0 Å². The molecule has 0 radical (unpaired) electrons. The molecule has 0 saturated heterocycles. The molecule has 27 heavy (non-hydrogen) atoms. The van der Waals surface area contributed by atoms with Crippen molar-refractivity contribution in [2.24, 2.45) is 0 Å². The fraction of sp³-hybridized carbons (Fsp3) is 0.350. The summed E-state index contributed by atoms with van der Waals surface area (Å²) in [5.41, 5.74) is 1.32. The van der Waals surface area contributed by atoms with E-state index in [0.29, 0.717) is 23.7 Å². The fourth-order valence-electron chi connectivity index (χ4n) is 2.56. The molecule has 0 saturated carbocycles. The van der Waals surface area contributed by atoms with Crippen LogP contribution in [0.5, 0.6) is 17.2 Å². The summed E-state index contributed by atoms with van der Waals surface area (Å²) >= 11 is 0. The smallest absolute Gasteiger partial charge is 0.241 e. The third kappa shape index (κ3) is 5.34. The number of carbonyl (C=O) groups excluding carboxylic acids is 1. The lowest BCUT2D eigenvalue weighted by Crippen LogP contribution is -2.39. The second-order valence-corrected chi connectivity index (χ2v) is 6.15. The summed E-state index contributed by atoms with van der Waals surface area (Å²) in [5, 5.41) is 2.85. The highest BCUT2D eigenvalue weighted by atomic mass is 19.1. The molecule has 7 heteroatoms. The van der Waals surface area contributed by atoms with Gasteiger partial charge in [-0.1, -0.05) is 6.07 Å². The van der Waals surface area contributed by atoms with Gasteiger partial charge in [-0.15, -0.1) is 0 Å². The first kappa shape index (κ1) is 20.5. The van der Waals surface area contributed by atoms with Gasteiger partial charge in [0.05, 0.1) is 27.4 Å². The highest BCUT2D eigenvalue weighted by Gasteiger charge is 2.19. The van der Waals surface area contributed by atoms with Gasteiger partial charge in [-0.25, -0.2) is 4.39 Å². The monoisotopic (exact) mass is 376 g/mol. The molecule has 6 nitrogen and oxygen atoms in total. The fourth-order valence-corrected chi connectivity index (χ4v) is 2.56. The van der Waals surface area contributed by atoms with Gasteiger partial charge in [-0.2, -0.15) is 0 Å². The number of hydrogen-bond donors (Lipinski definition) is 1. The molecule has 0 aliphatic carbocycles. The minimum atomic E-state index is -0.438. The molecule has 0 aliphatic heterocycles. The molecule has 146 valence electrons. The average Bonchev–Trinajstić information content (AvgIpc) is 2.66. The van der Waals surface area contributed by atoms with Gasteiger partial charge in [-0.3, -0.25) is 9.69 Å². The first-order valence-electron chi connectivity index (χ1n) is 8.44. The Morgan fingerprint density at radius 1 is 1.07 bits per heavy atom. The van der Waals surface area contributed by atoms with E-state index in [1.165, 1.54) is 13.2 Å². The SMILES string of the molecule is COc1cc(NC(=O)C(C)N(C)Cc2ccc(OC)c(F)c2)cc(OC)c1. The predicted molar refractivity (Wildman–Crippen MR) is 102 cm³/mol. The van der Waals surface area contributed by atoms with Crippen LogP contribution < -0.4 is 19.5 Å². The second-order valence-electron chi connectivity index (χ2n) is 6.15. The highest BCUT2D eigenvalue weighted by molar-refractivity contribution is 5.94. The van der Waals surface area contributed by atoms with E-state index >= 15 is 0 Å². The minimum Gasteiger partial charge on any atom is -0.497 e. The van der Waals surface area contributed by atoms with Crippen LogP contribution in [0.25, 0.3) is 0 Å². The number of ether oxygens (including phenoxy) is 3. The van der Waals surface area contributed by atoms with Crippen molar-refractivity contribution < 1.29 is 23.4 Å². The minimum absolute atomic E-state index is 0.193. The summed E-state index contributed by atoms with van der Waals surface area (Å²) in [4.78, 5) is 14.4. The Labute approximate surface area is 158 Å². The van der Waals surface area contributed by atoms with Crippen molar-refractivity contribution in [3.05, 3.63) is 47.8 Å². The molecule has 1 amide bonds. The van der Waals surface area contributed by atoms with Crippen molar-refractivity contribution in [2.75, 3.05) is 33.7 Å². The van der Waals surface area contributed by atoms with Crippen molar-refractivity contribution in [3.8, 4) is 17.2 Å². The third-order valence-electron chi connectivity index (χ3n) is 4.31. The molecule has 0 aliphatic rings. The van der Waals surface area contributed by atoms with Gasteiger partial charge in [0, 0.05) is 30.4 Å². The Morgan fingerprint density at radius 2 is 1.70 bits per heavy atom. The molecule has 2 aromatic rings. The number of hydrogen-bond acceptors (Lipinski definition) is 5. The molecule has 1 atom stereocenters. The van der Waals surface area contributed by atoms with Gasteiger partial charge in [0.2, 0.25) is 5.91 Å². The maximum Gasteiger partial charge on any atom is 0.241 e. The Bertz CT molecular complexity index is 775. The van der Waals surface area contributed by atoms with Crippen molar-refractivity contribution in [1.82, 2.24) is 4.90 Å². The molecule has 2 rings (SSSR count). The summed E-state index contributed by atoms with van der Waals surface area (Å²) in [6, 6.07) is 9.48. The Kier molecular flexibility index (Phi) is 7.01. The van der Waals surface area contributed by atoms with E-state index in [4.69, 9.17) is 14.2 Å². The molecule has 1 N–H and O–H groups in total. The number of rotatable bonds is 8. The van der Waals surface area contributed by atoms with Crippen LogP contribution >= 0.6 is 0 Å². The van der Waals surface area contributed by atoms with Crippen LogP contribution in [0.2, 0.25) is 0 Å². The molecule has 0 bridgehead atoms. The maximum atomic E-state index is 13.8. The van der Waals surface area contributed by atoms with E-state index in [1.54, 1.807) is 58.5 Å². The largest absolute Gasteiger partial charge is 0.497 e. The molecule has 0 spiro atoms. The standard InChI is InChI=1S/C20H25FN2O4/c1-13(23(2)12-14-6-7-19(27-5)18(21)8-14)20(24)22-15-9-16(25-3)11-17(10-15)26-4/h6-11,13H,12H2,1-5H3,(H,22,24). The van der Waals surface area contributed by atoms with E-state index in [1.807, 2.05) is 4.90 Å². The van der Waals surface area contributed by atoms with Crippen molar-refractivity contribution in [2.45, 2.75) is 19.5 Å². The lowest BCUT2D eigenvalue weighted by molar-refractivity contribution is -0.120. The number of nitrogens with zero attached hydrogens (tertiary/aromatic N) is 1. The lowest BCUT2D eigenvalue weighted by Gasteiger charge is -2.24. The topological polar surface area (TPSA) is 60.0 Å². The second kappa shape index (κ2) is 9.23. The van der Waals surface area contributed by atoms with Crippen molar-refractivity contribution >= 4 is 11.6 Å². The van der Waals surface area contributed by atoms with Gasteiger partial charge < -0.3 is 19.5 Å². The van der Waals surface area contributed by atoms with Gasteiger partial charge in [-0.05, 0) is 31.7 Å². The maximum absolute atomic E-state index is 13.8. The molecule has 0 fully saturated rings. The number of likely N-dealkylation sites (N-methyl/N-ethyl adjacent to an activating group) is 1. The van der Waals surface area contributed by atoms with E-state index in [-0.39, 0.29) is 11.7 Å². The van der Waals surface area contributed by atoms with Gasteiger partial charge in [0.25, 0.3) is 0 Å². The van der Waals surface area contributed by atoms with Gasteiger partial charge in [0.1, 0.15) is 11.5 Å². The average molecular weight is 376 g/mol. The van der Waals surface area contributed by atoms with E-state index < -0.39 is 11.9 Å². The van der Waals surface area contributed by atoms with Crippen LogP contribution in [0, 0.1) is 5.82 Å². The van der Waals surface area contributed by atoms with E-state index in [0.717, 1.165) is 5.56 Å². The molecular formula is C20H25FN2O4. The molecular weight excluding hydrogens is 351 g/mol. The van der Waals surface area contributed by atoms with Crippen LogP contribution in [-0.2, 0) is 11.3 Å². The summed E-state index contributed by atoms with van der Waals surface area (Å²) in [6.45, 7) is 2.20. The number of halogens is 1. The summed E-state index contributed by atoms with van der Waals surface area (Å²) in [7, 11) is 6.32. The van der Waals surface area contributed by atoms with Gasteiger partial charge in [0.15, 0.2) is 11.6 Å². The van der Waals surface area contributed by atoms with Crippen LogP contribution in [0.4, 0.5) is 10.1 Å². The van der Waals surface area contributed by atoms with Crippen LogP contribution in [0.3, 0.4) is 0 Å². The number of carbonyl (C=O) groups is 1. The van der Waals surface area contributed by atoms with E-state index in [9.17, 15) is 9.18 Å². The number of amides is 1. The summed E-state index contributed by atoms with van der Waals surface area (Å²) in [6.07, 6.45) is 0. The molecule has 1 unspecified atom stereocenters. The zero-order valence-corrected chi connectivity index (χ0v) is 16.2. The first-order chi connectivity index (χ1) is 12.9. The highest BCUT2D eigenvalue weighted by Crippen LogP contribution is 2.26. The Balaban J connectivity index is 2.04. The zero-order chi connectivity index (χ0) is 20.0. The van der Waals surface area contributed by atoms with Crippen LogP contribution in [0.1, 0.15) is 12.5 Å². The summed E-state index contributed by atoms with van der Waals surface area (Å²) < 4.78 is 29.2. The lowest BCUT2D eigenvalue weighted by atomic mass is 10.1. The third-order valence-corrected chi connectivity index (χ3v) is 4.31. The molecule has 2 aromatic carbocycles. The number of nitrogens with one attached hydrogen (secondary N) is 1. The number of anilines is 1. The van der Waals surface area contributed by atoms with Crippen molar-refractivity contribution in [3.63, 3.8) is 0 Å². The van der Waals surface area contributed by atoms with Crippen LogP contribution in [0.15, 0.2) is 36.4 Å². The normalized spacial score (nSPS) is 11.8. The zero-order valence-electron chi connectivity index (χ0n) is 16.2. The number of benzene rings is 2. The van der Waals surface area contributed by atoms with E-state index in [2.05, 4.69) is 5.32 Å². The Hall–Kier alpha value is -2.80. The first-order valence-corrected chi connectivity index (χ1v) is 8.44. The van der Waals surface area contributed by atoms with Crippen LogP contribution in [-0.4, -0.2) is 45.2 Å².